The van der Waals surface area contributed by atoms with Crippen molar-refractivity contribution in [3.05, 3.63) is 59.8 Å². The standard InChI is InChI=1S/C20H19ClN8/c1-14-4-5-29(26-14)19-11-18(23-13-24-19)27-6-8-28(9-7-27)20-12-22-17-10-15(21)2-3-16(17)25-20/h2-5,10-13H,6-9H2,1H3. The minimum absolute atomic E-state index is 0.669. The summed E-state index contributed by atoms with van der Waals surface area (Å²) in [5.41, 5.74) is 2.61. The van der Waals surface area contributed by atoms with Crippen molar-refractivity contribution in [2.45, 2.75) is 6.92 Å². The van der Waals surface area contributed by atoms with Gasteiger partial charge >= 0.3 is 0 Å². The van der Waals surface area contributed by atoms with Crippen LogP contribution in [0.25, 0.3) is 16.9 Å². The molecule has 1 aromatic carbocycles. The summed E-state index contributed by atoms with van der Waals surface area (Å²) in [5.74, 6) is 2.56. The van der Waals surface area contributed by atoms with Gasteiger partial charge in [0, 0.05) is 43.5 Å². The van der Waals surface area contributed by atoms with E-state index in [1.54, 1.807) is 11.0 Å². The quantitative estimate of drug-likeness (QED) is 0.517. The number of halogens is 1. The molecule has 3 aromatic heterocycles. The molecule has 0 amide bonds. The fourth-order valence-corrected chi connectivity index (χ4v) is 3.64. The molecular weight excluding hydrogens is 388 g/mol. The number of aryl methyl sites for hydroxylation is 1. The first-order chi connectivity index (χ1) is 14.2. The Morgan fingerprint density at radius 2 is 1.59 bits per heavy atom. The summed E-state index contributed by atoms with van der Waals surface area (Å²) in [6, 6.07) is 9.51. The maximum atomic E-state index is 6.03. The molecule has 0 unspecified atom stereocenters. The molecule has 0 atom stereocenters. The summed E-state index contributed by atoms with van der Waals surface area (Å²) >= 11 is 6.03. The van der Waals surface area contributed by atoms with Gasteiger partial charge in [0.1, 0.15) is 18.0 Å². The second-order valence-electron chi connectivity index (χ2n) is 6.97. The van der Waals surface area contributed by atoms with Crippen LogP contribution in [0.5, 0.6) is 0 Å². The molecule has 0 N–H and O–H groups in total. The third-order valence-corrected chi connectivity index (χ3v) is 5.25. The van der Waals surface area contributed by atoms with Crippen LogP contribution in [0.3, 0.4) is 0 Å². The summed E-state index contributed by atoms with van der Waals surface area (Å²) < 4.78 is 1.77. The molecule has 5 rings (SSSR count). The first-order valence-electron chi connectivity index (χ1n) is 9.43. The Bertz CT molecular complexity index is 1170. The lowest BCUT2D eigenvalue weighted by molar-refractivity contribution is 0.640. The van der Waals surface area contributed by atoms with E-state index < -0.39 is 0 Å². The van der Waals surface area contributed by atoms with E-state index in [0.717, 1.165) is 60.4 Å². The van der Waals surface area contributed by atoms with Crippen molar-refractivity contribution in [2.75, 3.05) is 36.0 Å². The van der Waals surface area contributed by atoms with E-state index in [-0.39, 0.29) is 0 Å². The predicted octanol–water partition coefficient (Wildman–Crippen LogP) is 2.89. The van der Waals surface area contributed by atoms with Crippen LogP contribution in [-0.4, -0.2) is 55.9 Å². The molecule has 146 valence electrons. The van der Waals surface area contributed by atoms with Crippen molar-refractivity contribution >= 4 is 34.3 Å². The minimum atomic E-state index is 0.669. The van der Waals surface area contributed by atoms with Crippen LogP contribution in [0.1, 0.15) is 5.69 Å². The summed E-state index contributed by atoms with van der Waals surface area (Å²) in [6.07, 6.45) is 5.32. The van der Waals surface area contributed by atoms with Crippen LogP contribution in [0.15, 0.2) is 49.1 Å². The highest BCUT2D eigenvalue weighted by Gasteiger charge is 2.20. The third kappa shape index (κ3) is 3.58. The van der Waals surface area contributed by atoms with Gasteiger partial charge in [0.25, 0.3) is 0 Å². The highest BCUT2D eigenvalue weighted by molar-refractivity contribution is 6.31. The lowest BCUT2D eigenvalue weighted by Crippen LogP contribution is -2.47. The summed E-state index contributed by atoms with van der Waals surface area (Å²) in [5, 5.41) is 5.09. The van der Waals surface area contributed by atoms with Crippen molar-refractivity contribution in [3.63, 3.8) is 0 Å². The molecule has 0 radical (unpaired) electrons. The third-order valence-electron chi connectivity index (χ3n) is 5.01. The van der Waals surface area contributed by atoms with Gasteiger partial charge in [-0.3, -0.25) is 4.98 Å². The molecule has 0 aliphatic carbocycles. The summed E-state index contributed by atoms with van der Waals surface area (Å²) in [7, 11) is 0. The van der Waals surface area contributed by atoms with Crippen molar-refractivity contribution in [2.24, 2.45) is 0 Å². The van der Waals surface area contributed by atoms with Crippen LogP contribution in [-0.2, 0) is 0 Å². The average molecular weight is 407 g/mol. The number of rotatable bonds is 3. The van der Waals surface area contributed by atoms with Crippen LogP contribution < -0.4 is 9.80 Å². The zero-order valence-electron chi connectivity index (χ0n) is 15.9. The summed E-state index contributed by atoms with van der Waals surface area (Å²) in [6.45, 7) is 5.33. The number of piperazine rings is 1. The van der Waals surface area contributed by atoms with E-state index in [1.165, 1.54) is 0 Å². The highest BCUT2D eigenvalue weighted by Crippen LogP contribution is 2.22. The van der Waals surface area contributed by atoms with Crippen LogP contribution in [0.4, 0.5) is 11.6 Å². The largest absolute Gasteiger partial charge is 0.353 e. The van der Waals surface area contributed by atoms with Crippen molar-refractivity contribution in [3.8, 4) is 5.82 Å². The maximum absolute atomic E-state index is 6.03. The second kappa shape index (κ2) is 7.29. The fraction of sp³-hybridized carbons (Fsp3) is 0.250. The number of fused-ring (bicyclic) bond motifs is 1. The van der Waals surface area contributed by atoms with Gasteiger partial charge in [-0.2, -0.15) is 5.10 Å². The Balaban J connectivity index is 1.31. The molecule has 0 spiro atoms. The monoisotopic (exact) mass is 406 g/mol. The Kier molecular flexibility index (Phi) is 4.48. The predicted molar refractivity (Wildman–Crippen MR) is 113 cm³/mol. The normalized spacial score (nSPS) is 14.6. The molecule has 9 heteroatoms. The molecule has 8 nitrogen and oxygen atoms in total. The van der Waals surface area contributed by atoms with E-state index in [9.17, 15) is 0 Å². The molecule has 4 aromatic rings. The molecule has 4 heterocycles. The SMILES string of the molecule is Cc1ccn(-c2cc(N3CCN(c4cnc5cc(Cl)ccc5n4)CC3)ncn2)n1. The summed E-state index contributed by atoms with van der Waals surface area (Å²) in [4.78, 5) is 22.6. The number of nitrogens with zero attached hydrogens (tertiary/aromatic N) is 8. The number of aromatic nitrogens is 6. The minimum Gasteiger partial charge on any atom is -0.353 e. The van der Waals surface area contributed by atoms with E-state index in [0.29, 0.717) is 5.02 Å². The van der Waals surface area contributed by atoms with E-state index >= 15 is 0 Å². The first kappa shape index (κ1) is 17.8. The van der Waals surface area contributed by atoms with Gasteiger partial charge in [-0.25, -0.2) is 19.6 Å². The number of anilines is 2. The fourth-order valence-electron chi connectivity index (χ4n) is 3.47. The lowest BCUT2D eigenvalue weighted by atomic mass is 10.3. The Morgan fingerprint density at radius 1 is 0.828 bits per heavy atom. The van der Waals surface area contributed by atoms with E-state index in [4.69, 9.17) is 16.6 Å². The van der Waals surface area contributed by atoms with Crippen LogP contribution in [0, 0.1) is 6.92 Å². The second-order valence-corrected chi connectivity index (χ2v) is 7.41. The van der Waals surface area contributed by atoms with E-state index in [2.05, 4.69) is 29.9 Å². The molecular formula is C20H19ClN8. The Morgan fingerprint density at radius 3 is 2.34 bits per heavy atom. The lowest BCUT2D eigenvalue weighted by Gasteiger charge is -2.35. The van der Waals surface area contributed by atoms with Gasteiger partial charge in [0.15, 0.2) is 5.82 Å². The van der Waals surface area contributed by atoms with Gasteiger partial charge in [-0.15, -0.1) is 0 Å². The molecule has 1 aliphatic rings. The van der Waals surface area contributed by atoms with Crippen LogP contribution >= 0.6 is 11.6 Å². The number of hydrogen-bond donors (Lipinski definition) is 0. The topological polar surface area (TPSA) is 75.9 Å². The van der Waals surface area contributed by atoms with Gasteiger partial charge in [-0.05, 0) is 31.2 Å². The smallest absolute Gasteiger partial charge is 0.158 e. The van der Waals surface area contributed by atoms with Crippen molar-refractivity contribution < 1.29 is 0 Å². The van der Waals surface area contributed by atoms with Gasteiger partial charge < -0.3 is 9.80 Å². The average Bonchev–Trinajstić information content (AvgIpc) is 3.20. The molecule has 1 aliphatic heterocycles. The number of hydrogen-bond acceptors (Lipinski definition) is 7. The maximum Gasteiger partial charge on any atom is 0.158 e. The van der Waals surface area contributed by atoms with E-state index in [1.807, 2.05) is 49.6 Å². The molecule has 0 saturated carbocycles. The Hall–Kier alpha value is -3.26. The van der Waals surface area contributed by atoms with Gasteiger partial charge in [0.2, 0.25) is 0 Å². The van der Waals surface area contributed by atoms with Crippen molar-refractivity contribution in [1.82, 2.24) is 29.7 Å². The molecule has 0 bridgehead atoms. The zero-order valence-corrected chi connectivity index (χ0v) is 16.7. The number of benzene rings is 1. The molecule has 1 fully saturated rings. The van der Waals surface area contributed by atoms with Crippen LogP contribution in [0.2, 0.25) is 5.02 Å². The Labute approximate surface area is 172 Å². The first-order valence-corrected chi connectivity index (χ1v) is 9.80. The van der Waals surface area contributed by atoms with Gasteiger partial charge in [-0.1, -0.05) is 11.6 Å². The van der Waals surface area contributed by atoms with Gasteiger partial charge in [0.05, 0.1) is 22.9 Å². The van der Waals surface area contributed by atoms with Crippen molar-refractivity contribution in [1.29, 1.82) is 0 Å². The molecule has 29 heavy (non-hydrogen) atoms. The zero-order chi connectivity index (χ0) is 19.8. The molecule has 1 saturated heterocycles. The highest BCUT2D eigenvalue weighted by atomic mass is 35.5.